The smallest absolute Gasteiger partial charge is 0.274 e. The summed E-state index contributed by atoms with van der Waals surface area (Å²) in [7, 11) is 1.67. The highest BCUT2D eigenvalue weighted by Gasteiger charge is 2.27. The number of hydrogen-bond acceptors (Lipinski definition) is 3. The fourth-order valence-corrected chi connectivity index (χ4v) is 3.71. The van der Waals surface area contributed by atoms with Gasteiger partial charge in [-0.05, 0) is 31.4 Å². The zero-order valence-electron chi connectivity index (χ0n) is 15.9. The van der Waals surface area contributed by atoms with Gasteiger partial charge in [-0.15, -0.1) is 0 Å². The molecule has 0 aliphatic carbocycles. The first-order chi connectivity index (χ1) is 13.1. The molecule has 0 aromatic carbocycles. The van der Waals surface area contributed by atoms with Gasteiger partial charge in [-0.1, -0.05) is 19.6 Å². The van der Waals surface area contributed by atoms with Gasteiger partial charge in [0.05, 0.1) is 5.56 Å². The zero-order valence-corrected chi connectivity index (χ0v) is 15.9. The molecule has 0 unspecified atom stereocenters. The lowest BCUT2D eigenvalue weighted by Crippen LogP contribution is -2.40. The molecule has 0 bridgehead atoms. The van der Waals surface area contributed by atoms with Gasteiger partial charge in [-0.3, -0.25) is 14.6 Å². The molecule has 0 radical (unpaired) electrons. The van der Waals surface area contributed by atoms with Crippen molar-refractivity contribution in [2.75, 3.05) is 13.1 Å². The van der Waals surface area contributed by atoms with Crippen molar-refractivity contribution in [3.05, 3.63) is 59.3 Å². The highest BCUT2D eigenvalue weighted by atomic mass is 16.2. The average Bonchev–Trinajstić information content (AvgIpc) is 3.18. The Balaban J connectivity index is 1.76. The Morgan fingerprint density at radius 1 is 1.41 bits per heavy atom. The van der Waals surface area contributed by atoms with Crippen LogP contribution in [0.2, 0.25) is 0 Å². The van der Waals surface area contributed by atoms with Crippen molar-refractivity contribution < 1.29 is 4.79 Å². The molecule has 1 aliphatic rings. The Labute approximate surface area is 158 Å². The minimum atomic E-state index is -0.123. The van der Waals surface area contributed by atoms with E-state index in [0.29, 0.717) is 35.5 Å². The number of aliphatic imine (C=N–C) groups is 1. The zero-order chi connectivity index (χ0) is 19.4. The molecule has 2 aromatic rings. The first-order valence-electron chi connectivity index (χ1n) is 9.37. The number of nitrogens with zero attached hydrogens (tertiary/aromatic N) is 3. The first kappa shape index (κ1) is 18.9. The van der Waals surface area contributed by atoms with Gasteiger partial charge in [0.25, 0.3) is 11.5 Å². The molecule has 0 saturated carbocycles. The third-order valence-corrected chi connectivity index (χ3v) is 5.20. The van der Waals surface area contributed by atoms with E-state index >= 15 is 0 Å². The molecule has 1 saturated heterocycles. The van der Waals surface area contributed by atoms with E-state index in [4.69, 9.17) is 0 Å². The lowest BCUT2D eigenvalue weighted by molar-refractivity contribution is 0.0711. The molecule has 2 aromatic heterocycles. The fraction of sp³-hybridized carbons (Fsp3) is 0.381. The first-order valence-corrected chi connectivity index (χ1v) is 9.37. The van der Waals surface area contributed by atoms with Crippen LogP contribution < -0.4 is 5.56 Å². The fourth-order valence-electron chi connectivity index (χ4n) is 3.71. The number of allylic oxidation sites excluding steroid dienone is 2. The summed E-state index contributed by atoms with van der Waals surface area (Å²) >= 11 is 0. The average molecular weight is 366 g/mol. The SMILES string of the molecule is C=C/C=C\N=C(CC)C1CCN(C(=O)c2cn(C)c(=O)c3[nH]ccc23)CC1. The molecule has 6 heteroatoms. The Morgan fingerprint density at radius 2 is 2.15 bits per heavy atom. The van der Waals surface area contributed by atoms with Gasteiger partial charge in [0.15, 0.2) is 0 Å². The van der Waals surface area contributed by atoms with Crippen LogP contribution in [-0.4, -0.2) is 39.2 Å². The van der Waals surface area contributed by atoms with Crippen LogP contribution in [0.3, 0.4) is 0 Å². The molecule has 142 valence electrons. The number of aryl methyl sites for hydroxylation is 1. The lowest BCUT2D eigenvalue weighted by atomic mass is 9.90. The predicted molar refractivity (Wildman–Crippen MR) is 109 cm³/mol. The molecule has 1 N–H and O–H groups in total. The number of piperidine rings is 1. The topological polar surface area (TPSA) is 70.5 Å². The maximum absolute atomic E-state index is 13.1. The van der Waals surface area contributed by atoms with E-state index in [2.05, 4.69) is 23.5 Å². The standard InChI is InChI=1S/C21H26N4O2/c1-4-6-10-22-18(5-2)15-8-12-25(13-9-15)20(26)17-14-24(3)21(27)19-16(17)7-11-23-19/h4,6-7,10-11,14-15,23H,1,5,8-9,12-13H2,2-3H3/b10-6-,22-18?. The van der Waals surface area contributed by atoms with Gasteiger partial charge in [0.1, 0.15) is 5.52 Å². The second-order valence-electron chi connectivity index (χ2n) is 6.84. The number of carbonyl (C=O) groups excluding carboxylic acids is 1. The molecular formula is C21H26N4O2. The van der Waals surface area contributed by atoms with Crippen molar-refractivity contribution in [3.8, 4) is 0 Å². The summed E-state index contributed by atoms with van der Waals surface area (Å²) in [6, 6.07) is 1.80. The number of likely N-dealkylation sites (tertiary alicyclic amines) is 1. The maximum Gasteiger partial charge on any atom is 0.274 e. The van der Waals surface area contributed by atoms with Crippen molar-refractivity contribution >= 4 is 22.5 Å². The normalized spacial score (nSPS) is 16.4. The van der Waals surface area contributed by atoms with E-state index in [1.165, 1.54) is 10.3 Å². The Hall–Kier alpha value is -2.89. The number of H-pyrrole nitrogens is 1. The van der Waals surface area contributed by atoms with Crippen LogP contribution in [0.5, 0.6) is 0 Å². The summed E-state index contributed by atoms with van der Waals surface area (Å²) in [5, 5.41) is 0.690. The van der Waals surface area contributed by atoms with E-state index in [-0.39, 0.29) is 11.5 Å². The second kappa shape index (κ2) is 8.20. The summed E-state index contributed by atoms with van der Waals surface area (Å²) < 4.78 is 1.46. The van der Waals surface area contributed by atoms with Crippen LogP contribution in [-0.2, 0) is 7.05 Å². The van der Waals surface area contributed by atoms with Gasteiger partial charge < -0.3 is 14.5 Å². The molecule has 1 amide bonds. The van der Waals surface area contributed by atoms with Crippen LogP contribution in [0, 0.1) is 5.92 Å². The Bertz CT molecular complexity index is 956. The summed E-state index contributed by atoms with van der Waals surface area (Å²) in [5.41, 5.74) is 2.11. The van der Waals surface area contributed by atoms with Gasteiger partial charge in [-0.2, -0.15) is 0 Å². The van der Waals surface area contributed by atoms with Gasteiger partial charge >= 0.3 is 0 Å². The van der Waals surface area contributed by atoms with E-state index in [1.807, 2.05) is 11.0 Å². The molecule has 3 heterocycles. The monoisotopic (exact) mass is 366 g/mol. The lowest BCUT2D eigenvalue weighted by Gasteiger charge is -2.32. The van der Waals surface area contributed by atoms with Crippen LogP contribution in [0.4, 0.5) is 0 Å². The molecule has 27 heavy (non-hydrogen) atoms. The number of nitrogens with one attached hydrogen (secondary N) is 1. The van der Waals surface area contributed by atoms with Crippen molar-refractivity contribution in [3.63, 3.8) is 0 Å². The number of hydrogen-bond donors (Lipinski definition) is 1. The molecule has 0 atom stereocenters. The summed E-state index contributed by atoms with van der Waals surface area (Å²) in [6.45, 7) is 7.17. The predicted octanol–water partition coefficient (Wildman–Crippen LogP) is 3.27. The second-order valence-corrected chi connectivity index (χ2v) is 6.84. The third kappa shape index (κ3) is 3.79. The van der Waals surface area contributed by atoms with E-state index in [0.717, 1.165) is 19.3 Å². The molecule has 6 nitrogen and oxygen atoms in total. The highest BCUT2D eigenvalue weighted by Crippen LogP contribution is 2.24. The number of aromatic nitrogens is 2. The van der Waals surface area contributed by atoms with Gasteiger partial charge in [0.2, 0.25) is 0 Å². The number of aromatic amines is 1. The van der Waals surface area contributed by atoms with Crippen molar-refractivity contribution in [2.45, 2.75) is 26.2 Å². The molecule has 0 spiro atoms. The van der Waals surface area contributed by atoms with Gasteiger partial charge in [0, 0.05) is 55.7 Å². The van der Waals surface area contributed by atoms with Crippen molar-refractivity contribution in [1.82, 2.24) is 14.5 Å². The largest absolute Gasteiger partial charge is 0.357 e. The third-order valence-electron chi connectivity index (χ3n) is 5.20. The van der Waals surface area contributed by atoms with E-state index in [1.54, 1.807) is 37.8 Å². The number of rotatable bonds is 5. The summed E-state index contributed by atoms with van der Waals surface area (Å²) in [5.74, 6) is 0.385. The molecule has 1 fully saturated rings. The highest BCUT2D eigenvalue weighted by molar-refractivity contribution is 6.06. The van der Waals surface area contributed by atoms with Crippen molar-refractivity contribution in [1.29, 1.82) is 0 Å². The van der Waals surface area contributed by atoms with Crippen LogP contribution >= 0.6 is 0 Å². The van der Waals surface area contributed by atoms with Crippen LogP contribution in [0.25, 0.3) is 10.9 Å². The molecule has 1 aliphatic heterocycles. The number of amides is 1. The van der Waals surface area contributed by atoms with Gasteiger partial charge in [-0.25, -0.2) is 0 Å². The minimum absolute atomic E-state index is 0.0183. The number of fused-ring (bicyclic) bond motifs is 1. The molecular weight excluding hydrogens is 340 g/mol. The Kier molecular flexibility index (Phi) is 5.74. The van der Waals surface area contributed by atoms with Crippen LogP contribution in [0.1, 0.15) is 36.5 Å². The Morgan fingerprint density at radius 3 is 2.81 bits per heavy atom. The van der Waals surface area contributed by atoms with E-state index < -0.39 is 0 Å². The van der Waals surface area contributed by atoms with Crippen LogP contribution in [0.15, 0.2) is 53.2 Å². The number of pyridine rings is 1. The van der Waals surface area contributed by atoms with E-state index in [9.17, 15) is 9.59 Å². The summed E-state index contributed by atoms with van der Waals surface area (Å²) in [6.07, 6.45) is 11.4. The quantitative estimate of drug-likeness (QED) is 0.652. The summed E-state index contributed by atoms with van der Waals surface area (Å²) in [4.78, 5) is 34.6. The van der Waals surface area contributed by atoms with Crippen molar-refractivity contribution in [2.24, 2.45) is 18.0 Å². The number of carbonyl (C=O) groups is 1. The minimum Gasteiger partial charge on any atom is -0.357 e. The molecule has 3 rings (SSSR count). The maximum atomic E-state index is 13.1.